The smallest absolute Gasteiger partial charge is 0.323 e. The number of nitrogens with one attached hydrogen (secondary N) is 2. The van der Waals surface area contributed by atoms with Crippen LogP contribution >= 0.6 is 0 Å². The molecule has 0 aliphatic carbocycles. The summed E-state index contributed by atoms with van der Waals surface area (Å²) in [5.74, 6) is -2.05. The van der Waals surface area contributed by atoms with Crippen LogP contribution in [0.4, 0.5) is 8.78 Å². The van der Waals surface area contributed by atoms with E-state index in [9.17, 15) is 13.6 Å². The van der Waals surface area contributed by atoms with Crippen LogP contribution in [0.5, 0.6) is 0 Å². The molecule has 4 unspecified atom stereocenters. The molecule has 2 aliphatic rings. The molecule has 33 heavy (non-hydrogen) atoms. The predicted molar refractivity (Wildman–Crippen MR) is 123 cm³/mol. The van der Waals surface area contributed by atoms with E-state index in [2.05, 4.69) is 35.1 Å². The zero-order valence-corrected chi connectivity index (χ0v) is 19.1. The molecule has 0 spiro atoms. The van der Waals surface area contributed by atoms with Gasteiger partial charge < -0.3 is 15.0 Å². The fourth-order valence-corrected chi connectivity index (χ4v) is 5.80. The van der Waals surface area contributed by atoms with E-state index in [-0.39, 0.29) is 30.1 Å². The summed E-state index contributed by atoms with van der Waals surface area (Å²) < 4.78 is 33.2. The van der Waals surface area contributed by atoms with Gasteiger partial charge in [0.1, 0.15) is 6.04 Å². The van der Waals surface area contributed by atoms with Crippen LogP contribution in [0.3, 0.4) is 0 Å². The van der Waals surface area contributed by atoms with Gasteiger partial charge in [0, 0.05) is 41.1 Å². The number of piperidine rings is 1. The number of rotatable bonds is 4. The van der Waals surface area contributed by atoms with Gasteiger partial charge in [-0.3, -0.25) is 9.69 Å². The van der Waals surface area contributed by atoms with Crippen LogP contribution in [-0.4, -0.2) is 41.1 Å². The molecule has 1 aromatic heterocycles. The lowest BCUT2D eigenvalue weighted by Crippen LogP contribution is -2.56. The maximum atomic E-state index is 14.3. The second kappa shape index (κ2) is 8.54. The highest BCUT2D eigenvalue weighted by atomic mass is 19.2. The zero-order chi connectivity index (χ0) is 23.3. The number of hydrogen-bond acceptors (Lipinski definition) is 4. The van der Waals surface area contributed by atoms with Gasteiger partial charge in [-0.15, -0.1) is 0 Å². The highest BCUT2D eigenvalue weighted by Crippen LogP contribution is 2.49. The van der Waals surface area contributed by atoms with Crippen molar-refractivity contribution in [2.24, 2.45) is 0 Å². The highest BCUT2D eigenvalue weighted by molar-refractivity contribution is 5.87. The molecule has 2 N–H and O–H groups in total. The number of hydrogen-bond donors (Lipinski definition) is 2. The number of aromatic nitrogens is 1. The Bertz CT molecular complexity index is 1190. The molecule has 2 aliphatic heterocycles. The maximum Gasteiger partial charge on any atom is 0.323 e. The third kappa shape index (κ3) is 3.83. The number of ether oxygens (including phenoxy) is 1. The first-order valence-electron chi connectivity index (χ1n) is 11.5. The molecule has 0 radical (unpaired) electrons. The van der Waals surface area contributed by atoms with E-state index in [1.807, 2.05) is 18.2 Å². The Morgan fingerprint density at radius 3 is 2.61 bits per heavy atom. The Hall–Kier alpha value is -2.77. The monoisotopic (exact) mass is 453 g/mol. The van der Waals surface area contributed by atoms with E-state index in [1.165, 1.54) is 19.2 Å². The first kappa shape index (κ1) is 22.0. The van der Waals surface area contributed by atoms with Crippen molar-refractivity contribution in [2.75, 3.05) is 7.11 Å². The van der Waals surface area contributed by atoms with Crippen molar-refractivity contribution in [3.05, 3.63) is 70.9 Å². The van der Waals surface area contributed by atoms with Crippen molar-refractivity contribution in [1.82, 2.24) is 15.2 Å². The number of carbonyl (C=O) groups is 1. The zero-order valence-electron chi connectivity index (χ0n) is 19.1. The Morgan fingerprint density at radius 1 is 1.12 bits per heavy atom. The van der Waals surface area contributed by atoms with Crippen LogP contribution in [0.1, 0.15) is 55.6 Å². The minimum Gasteiger partial charge on any atom is -0.468 e. The Morgan fingerprint density at radius 2 is 1.88 bits per heavy atom. The highest BCUT2D eigenvalue weighted by Gasteiger charge is 2.48. The summed E-state index contributed by atoms with van der Waals surface area (Å²) in [6.07, 6.45) is 1.99. The molecule has 5 nitrogen and oxygen atoms in total. The van der Waals surface area contributed by atoms with Gasteiger partial charge in [0.25, 0.3) is 0 Å². The van der Waals surface area contributed by atoms with Crippen molar-refractivity contribution in [1.29, 1.82) is 0 Å². The molecular formula is C26H29F2N3O2. The molecule has 2 aromatic carbocycles. The Labute approximate surface area is 192 Å². The van der Waals surface area contributed by atoms with Gasteiger partial charge in [-0.2, -0.15) is 0 Å². The van der Waals surface area contributed by atoms with Crippen LogP contribution in [-0.2, 0) is 16.0 Å². The van der Waals surface area contributed by atoms with E-state index in [4.69, 9.17) is 4.74 Å². The second-order valence-corrected chi connectivity index (χ2v) is 9.45. The van der Waals surface area contributed by atoms with Gasteiger partial charge in [0.05, 0.1) is 13.2 Å². The number of fused-ring (bicyclic) bond motifs is 5. The summed E-state index contributed by atoms with van der Waals surface area (Å²) in [4.78, 5) is 18.8. The third-order valence-corrected chi connectivity index (χ3v) is 7.04. The average Bonchev–Trinajstić information content (AvgIpc) is 3.18. The number of carbonyl (C=O) groups excluding carboxylic acids is 1. The quantitative estimate of drug-likeness (QED) is 0.558. The fraction of sp³-hybridized carbons (Fsp3) is 0.423. The normalized spacial score (nSPS) is 25.2. The van der Waals surface area contributed by atoms with Crippen molar-refractivity contribution >= 4 is 16.9 Å². The van der Waals surface area contributed by atoms with Gasteiger partial charge in [0.2, 0.25) is 0 Å². The van der Waals surface area contributed by atoms with Crippen molar-refractivity contribution in [2.45, 2.75) is 63.3 Å². The summed E-state index contributed by atoms with van der Waals surface area (Å²) >= 11 is 0. The van der Waals surface area contributed by atoms with Gasteiger partial charge in [0.15, 0.2) is 11.6 Å². The summed E-state index contributed by atoms with van der Waals surface area (Å²) in [7, 11) is 1.40. The van der Waals surface area contributed by atoms with E-state index in [0.29, 0.717) is 18.4 Å². The van der Waals surface area contributed by atoms with Gasteiger partial charge in [-0.05, 0) is 42.2 Å². The first-order chi connectivity index (χ1) is 15.9. The fourth-order valence-electron chi connectivity index (χ4n) is 5.80. The molecule has 7 heteroatoms. The van der Waals surface area contributed by atoms with Gasteiger partial charge >= 0.3 is 5.97 Å². The number of aromatic amines is 1. The summed E-state index contributed by atoms with van der Waals surface area (Å²) in [5.41, 5.74) is 3.94. The molecule has 174 valence electrons. The SMILES string of the molecule is COC(=O)C1Cc2c([nH]c3ccccc23)C2CC(NC(C)C)CC(c3ccc(F)c(F)c3)N12. The van der Waals surface area contributed by atoms with Crippen LogP contribution in [0, 0.1) is 11.6 Å². The molecule has 3 aromatic rings. The number of esters is 1. The summed E-state index contributed by atoms with van der Waals surface area (Å²) in [6, 6.07) is 11.8. The van der Waals surface area contributed by atoms with Crippen LogP contribution in [0.2, 0.25) is 0 Å². The van der Waals surface area contributed by atoms with Crippen LogP contribution < -0.4 is 5.32 Å². The molecule has 4 atom stereocenters. The van der Waals surface area contributed by atoms with E-state index >= 15 is 0 Å². The van der Waals surface area contributed by atoms with E-state index in [0.717, 1.165) is 28.6 Å². The lowest BCUT2D eigenvalue weighted by Gasteiger charge is -2.51. The molecule has 0 saturated carbocycles. The number of para-hydroxylation sites is 1. The maximum absolute atomic E-state index is 14.3. The van der Waals surface area contributed by atoms with Gasteiger partial charge in [-0.25, -0.2) is 8.78 Å². The second-order valence-electron chi connectivity index (χ2n) is 9.45. The lowest BCUT2D eigenvalue weighted by atomic mass is 9.79. The minimum atomic E-state index is -0.874. The minimum absolute atomic E-state index is 0.0895. The predicted octanol–water partition coefficient (Wildman–Crippen LogP) is 4.79. The summed E-state index contributed by atoms with van der Waals surface area (Å²) in [6.45, 7) is 4.21. The molecular weight excluding hydrogens is 424 g/mol. The first-order valence-corrected chi connectivity index (χ1v) is 11.5. The number of benzene rings is 2. The topological polar surface area (TPSA) is 57.4 Å². The largest absolute Gasteiger partial charge is 0.468 e. The van der Waals surface area contributed by atoms with Crippen molar-refractivity contribution in [3.63, 3.8) is 0 Å². The molecule has 0 bridgehead atoms. The number of halogens is 2. The Kier molecular flexibility index (Phi) is 5.70. The standard InChI is InChI=1S/C26H29F2N3O2/c1-14(2)29-16-11-22(15-8-9-19(27)20(28)10-15)31-23(12-16)25-18(13-24(31)26(32)33-3)17-6-4-5-7-21(17)30-25/h4-10,14,16,22-24,29-30H,11-13H2,1-3H3. The third-order valence-electron chi connectivity index (χ3n) is 7.04. The van der Waals surface area contributed by atoms with Crippen molar-refractivity contribution < 1.29 is 18.3 Å². The number of nitrogens with zero attached hydrogens (tertiary/aromatic N) is 1. The van der Waals surface area contributed by atoms with Gasteiger partial charge in [-0.1, -0.05) is 38.1 Å². The molecule has 5 rings (SSSR count). The number of methoxy groups -OCH3 is 1. The molecule has 1 saturated heterocycles. The molecule has 3 heterocycles. The van der Waals surface area contributed by atoms with E-state index < -0.39 is 17.7 Å². The molecule has 1 fully saturated rings. The summed E-state index contributed by atoms with van der Waals surface area (Å²) in [5, 5.41) is 4.75. The Balaban J connectivity index is 1.67. The van der Waals surface area contributed by atoms with Crippen LogP contribution in [0.25, 0.3) is 10.9 Å². The number of H-pyrrole nitrogens is 1. The molecule has 0 amide bonds. The average molecular weight is 454 g/mol. The van der Waals surface area contributed by atoms with Crippen LogP contribution in [0.15, 0.2) is 42.5 Å². The van der Waals surface area contributed by atoms with E-state index in [1.54, 1.807) is 6.07 Å². The van der Waals surface area contributed by atoms with Crippen molar-refractivity contribution in [3.8, 4) is 0 Å². The lowest BCUT2D eigenvalue weighted by molar-refractivity contribution is -0.152.